The van der Waals surface area contributed by atoms with Crippen molar-refractivity contribution >= 4 is 11.9 Å². The van der Waals surface area contributed by atoms with Crippen LogP contribution in [0.2, 0.25) is 0 Å². The molecular weight excluding hydrogens is 342 g/mol. The molecule has 1 fully saturated rings. The third kappa shape index (κ3) is 4.38. The van der Waals surface area contributed by atoms with Gasteiger partial charge in [0.05, 0.1) is 18.8 Å². The number of benzene rings is 2. The van der Waals surface area contributed by atoms with Gasteiger partial charge in [-0.05, 0) is 35.9 Å². The van der Waals surface area contributed by atoms with Crippen LogP contribution in [-0.4, -0.2) is 56.7 Å². The van der Waals surface area contributed by atoms with Crippen LogP contribution in [0, 0.1) is 0 Å². The summed E-state index contributed by atoms with van der Waals surface area (Å²) in [5.41, 5.74) is 2.25. The van der Waals surface area contributed by atoms with Crippen molar-refractivity contribution in [1.29, 1.82) is 0 Å². The first-order valence-electron chi connectivity index (χ1n) is 9.30. The summed E-state index contributed by atoms with van der Waals surface area (Å²) in [6.07, 6.45) is 1.88. The van der Waals surface area contributed by atoms with Crippen LogP contribution in [0.3, 0.4) is 0 Å². The van der Waals surface area contributed by atoms with Crippen molar-refractivity contribution in [3.8, 4) is 11.5 Å². The molecule has 4 rings (SSSR count). The van der Waals surface area contributed by atoms with Crippen LogP contribution in [0.1, 0.15) is 15.9 Å². The molecule has 0 unspecified atom stereocenters. The van der Waals surface area contributed by atoms with Crippen molar-refractivity contribution in [2.24, 2.45) is 0 Å². The summed E-state index contributed by atoms with van der Waals surface area (Å²) < 4.78 is 16.9. The zero-order valence-corrected chi connectivity index (χ0v) is 15.2. The average molecular weight is 365 g/mol. The maximum absolute atomic E-state index is 12.6. The fraction of sp³-hybridized carbons (Fsp3) is 0.318. The smallest absolute Gasteiger partial charge is 0.196 e. The number of rotatable bonds is 5. The van der Waals surface area contributed by atoms with Crippen molar-refractivity contribution in [1.82, 2.24) is 4.90 Å². The van der Waals surface area contributed by atoms with Crippen LogP contribution in [0.15, 0.2) is 54.1 Å². The molecule has 2 aliphatic rings. The predicted molar refractivity (Wildman–Crippen MR) is 103 cm³/mol. The van der Waals surface area contributed by atoms with Gasteiger partial charge in [-0.1, -0.05) is 24.3 Å². The Morgan fingerprint density at radius 1 is 1.04 bits per heavy atom. The molecule has 0 N–H and O–H groups in total. The van der Waals surface area contributed by atoms with Gasteiger partial charge >= 0.3 is 0 Å². The highest BCUT2D eigenvalue weighted by atomic mass is 16.5. The van der Waals surface area contributed by atoms with Crippen molar-refractivity contribution in [2.45, 2.75) is 0 Å². The molecule has 5 heteroatoms. The highest BCUT2D eigenvalue weighted by molar-refractivity contribution is 6.14. The summed E-state index contributed by atoms with van der Waals surface area (Å²) in [6, 6.07) is 15.2. The van der Waals surface area contributed by atoms with Gasteiger partial charge in [0, 0.05) is 25.2 Å². The lowest BCUT2D eigenvalue weighted by Gasteiger charge is -2.26. The van der Waals surface area contributed by atoms with Crippen LogP contribution in [0.4, 0.5) is 0 Å². The van der Waals surface area contributed by atoms with Gasteiger partial charge in [0.15, 0.2) is 5.78 Å². The van der Waals surface area contributed by atoms with E-state index in [0.29, 0.717) is 30.1 Å². The van der Waals surface area contributed by atoms with E-state index in [0.717, 1.165) is 44.2 Å². The molecule has 0 aliphatic carbocycles. The number of nitrogens with zero attached hydrogens (tertiary/aromatic N) is 1. The van der Waals surface area contributed by atoms with Gasteiger partial charge < -0.3 is 14.2 Å². The monoisotopic (exact) mass is 365 g/mol. The number of hydrogen-bond acceptors (Lipinski definition) is 5. The van der Waals surface area contributed by atoms with Gasteiger partial charge in [0.2, 0.25) is 0 Å². The second-order valence-corrected chi connectivity index (χ2v) is 6.66. The largest absolute Gasteiger partial charge is 0.492 e. The second kappa shape index (κ2) is 8.37. The lowest BCUT2D eigenvalue weighted by molar-refractivity contribution is 0.0322. The van der Waals surface area contributed by atoms with Crippen molar-refractivity contribution < 1.29 is 19.0 Å². The third-order valence-corrected chi connectivity index (χ3v) is 4.81. The molecule has 140 valence electrons. The Morgan fingerprint density at radius 3 is 2.63 bits per heavy atom. The fourth-order valence-corrected chi connectivity index (χ4v) is 3.26. The van der Waals surface area contributed by atoms with Crippen LogP contribution in [-0.2, 0) is 4.74 Å². The second-order valence-electron chi connectivity index (χ2n) is 6.66. The number of hydrogen-bond donors (Lipinski definition) is 0. The van der Waals surface area contributed by atoms with Crippen LogP contribution in [0.5, 0.6) is 11.5 Å². The highest BCUT2D eigenvalue weighted by Crippen LogP contribution is 2.27. The zero-order valence-electron chi connectivity index (χ0n) is 15.2. The Bertz CT molecular complexity index is 822. The Kier molecular flexibility index (Phi) is 5.51. The first-order chi connectivity index (χ1) is 13.3. The summed E-state index contributed by atoms with van der Waals surface area (Å²) >= 11 is 0. The van der Waals surface area contributed by atoms with Gasteiger partial charge in [0.1, 0.15) is 24.7 Å². The fourth-order valence-electron chi connectivity index (χ4n) is 3.26. The molecule has 0 aromatic heterocycles. The number of morpholine rings is 1. The molecule has 2 aliphatic heterocycles. The molecule has 0 spiro atoms. The molecule has 0 atom stereocenters. The number of para-hydroxylation sites is 1. The quantitative estimate of drug-likeness (QED) is 0.762. The van der Waals surface area contributed by atoms with E-state index < -0.39 is 0 Å². The number of carbonyl (C=O) groups excluding carboxylic acids is 1. The van der Waals surface area contributed by atoms with Crippen LogP contribution < -0.4 is 9.47 Å². The van der Waals surface area contributed by atoms with E-state index in [9.17, 15) is 4.79 Å². The van der Waals surface area contributed by atoms with E-state index in [1.807, 2.05) is 48.5 Å². The molecule has 2 aromatic rings. The summed E-state index contributed by atoms with van der Waals surface area (Å²) in [6.45, 7) is 5.40. The molecule has 2 heterocycles. The number of ketones is 1. The maximum atomic E-state index is 12.6. The van der Waals surface area contributed by atoms with Crippen LogP contribution >= 0.6 is 0 Å². The minimum Gasteiger partial charge on any atom is -0.492 e. The molecular formula is C22H23NO4. The molecule has 5 nitrogen and oxygen atoms in total. The Morgan fingerprint density at radius 2 is 1.81 bits per heavy atom. The van der Waals surface area contributed by atoms with E-state index >= 15 is 0 Å². The van der Waals surface area contributed by atoms with E-state index in [1.54, 1.807) is 6.07 Å². The van der Waals surface area contributed by atoms with E-state index in [1.165, 1.54) is 0 Å². The predicted octanol–water partition coefficient (Wildman–Crippen LogP) is 3.06. The van der Waals surface area contributed by atoms with E-state index in [2.05, 4.69) is 4.90 Å². The van der Waals surface area contributed by atoms with E-state index in [-0.39, 0.29) is 5.78 Å². The highest BCUT2D eigenvalue weighted by Gasteiger charge is 2.22. The summed E-state index contributed by atoms with van der Waals surface area (Å²) in [4.78, 5) is 14.9. The first kappa shape index (κ1) is 17.8. The Hall–Kier alpha value is -2.63. The number of fused-ring (bicyclic) bond motifs is 1. The SMILES string of the molecule is O=C1/C(=C/c2ccc(OCCN3CCOCC3)cc2)COc2ccccc21. The normalized spacial score (nSPS) is 18.8. The number of ether oxygens (including phenoxy) is 3. The Balaban J connectivity index is 1.35. The van der Waals surface area contributed by atoms with Gasteiger partial charge in [0.25, 0.3) is 0 Å². The molecule has 0 amide bonds. The lowest BCUT2D eigenvalue weighted by Crippen LogP contribution is -2.38. The Labute approximate surface area is 159 Å². The van der Waals surface area contributed by atoms with Gasteiger partial charge in [-0.25, -0.2) is 0 Å². The summed E-state index contributed by atoms with van der Waals surface area (Å²) in [7, 11) is 0. The molecule has 2 aromatic carbocycles. The van der Waals surface area contributed by atoms with Crippen molar-refractivity contribution in [3.05, 3.63) is 65.2 Å². The molecule has 27 heavy (non-hydrogen) atoms. The van der Waals surface area contributed by atoms with Crippen molar-refractivity contribution in [3.63, 3.8) is 0 Å². The molecule has 0 bridgehead atoms. The van der Waals surface area contributed by atoms with Crippen molar-refractivity contribution in [2.75, 3.05) is 46.1 Å². The van der Waals surface area contributed by atoms with Gasteiger partial charge in [-0.2, -0.15) is 0 Å². The van der Waals surface area contributed by atoms with E-state index in [4.69, 9.17) is 14.2 Å². The van der Waals surface area contributed by atoms with Gasteiger partial charge in [-0.3, -0.25) is 9.69 Å². The standard InChI is InChI=1S/C22H23NO4/c24-22-18(16-27-21-4-2-1-3-20(21)22)15-17-5-7-19(8-6-17)26-14-11-23-9-12-25-13-10-23/h1-8,15H,9-14,16H2/b18-15+. The van der Waals surface area contributed by atoms with Crippen LogP contribution in [0.25, 0.3) is 6.08 Å². The molecule has 1 saturated heterocycles. The molecule has 0 saturated carbocycles. The minimum atomic E-state index is 0.0303. The minimum absolute atomic E-state index is 0.0303. The average Bonchev–Trinajstić information content (AvgIpc) is 2.72. The topological polar surface area (TPSA) is 48.0 Å². The molecule has 0 radical (unpaired) electrons. The summed E-state index contributed by atoms with van der Waals surface area (Å²) in [5.74, 6) is 1.52. The number of carbonyl (C=O) groups is 1. The first-order valence-corrected chi connectivity index (χ1v) is 9.30. The lowest BCUT2D eigenvalue weighted by atomic mass is 9.98. The maximum Gasteiger partial charge on any atom is 0.196 e. The zero-order chi connectivity index (χ0) is 18.5. The van der Waals surface area contributed by atoms with Gasteiger partial charge in [-0.15, -0.1) is 0 Å². The summed E-state index contributed by atoms with van der Waals surface area (Å²) in [5, 5.41) is 0. The number of Topliss-reactive ketones (excluding diaryl/α,β-unsaturated/α-hetero) is 1. The third-order valence-electron chi connectivity index (χ3n) is 4.81.